The zero-order valence-electron chi connectivity index (χ0n) is 22.3. The normalized spacial score (nSPS) is 17.9. The van der Waals surface area contributed by atoms with E-state index in [2.05, 4.69) is 10.3 Å². The van der Waals surface area contributed by atoms with Gasteiger partial charge in [0.15, 0.2) is 0 Å². The number of piperidine rings is 1. The van der Waals surface area contributed by atoms with Crippen LogP contribution >= 0.6 is 0 Å². The summed E-state index contributed by atoms with van der Waals surface area (Å²) in [5.41, 5.74) is 7.42. The van der Waals surface area contributed by atoms with Gasteiger partial charge in [0, 0.05) is 48.7 Å². The zero-order chi connectivity index (χ0) is 28.2. The first-order valence-electron chi connectivity index (χ1n) is 13.0. The number of aromatic amines is 1. The van der Waals surface area contributed by atoms with Crippen LogP contribution < -0.4 is 15.4 Å². The van der Waals surface area contributed by atoms with Gasteiger partial charge in [0.25, 0.3) is 0 Å². The first-order valence-corrected chi connectivity index (χ1v) is 14.8. The highest BCUT2D eigenvalue weighted by molar-refractivity contribution is 7.92. The lowest BCUT2D eigenvalue weighted by atomic mass is 9.74. The molecule has 4 N–H and O–H groups in total. The van der Waals surface area contributed by atoms with Gasteiger partial charge in [-0.3, -0.25) is 13.9 Å². The largest absolute Gasteiger partial charge is 0.361 e. The Hall–Kier alpha value is -3.44. The number of hydrogen-bond acceptors (Lipinski definition) is 5. The van der Waals surface area contributed by atoms with E-state index in [9.17, 15) is 22.4 Å². The van der Waals surface area contributed by atoms with Crippen molar-refractivity contribution < 1.29 is 22.4 Å². The van der Waals surface area contributed by atoms with Gasteiger partial charge < -0.3 is 20.9 Å². The standard InChI is InChI=1S/C28H34FN5O4S/c1-27(2,30)26(36)32-16-21(20-15-31-23-9-8-18(29)14-19(20)23)25(35)33-12-10-28(11-13-33)17-34(39(3,37)38)24-7-5-4-6-22(24)28/h4-9,14-15,21,31H,10-13,16-17,30H2,1-3H3,(H,32,36)/t21-/m1/s1. The second-order valence-corrected chi connectivity index (χ2v) is 13.2. The third-order valence-electron chi connectivity index (χ3n) is 8.02. The van der Waals surface area contributed by atoms with Crippen LogP contribution in [0, 0.1) is 5.82 Å². The minimum Gasteiger partial charge on any atom is -0.361 e. The number of amides is 2. The molecule has 3 heterocycles. The van der Waals surface area contributed by atoms with E-state index >= 15 is 0 Å². The maximum atomic E-state index is 14.1. The average Bonchev–Trinajstić information content (AvgIpc) is 3.43. The number of likely N-dealkylation sites (tertiary alicyclic amines) is 1. The number of benzene rings is 2. The predicted molar refractivity (Wildman–Crippen MR) is 148 cm³/mol. The van der Waals surface area contributed by atoms with Gasteiger partial charge in [-0.1, -0.05) is 18.2 Å². The third-order valence-corrected chi connectivity index (χ3v) is 9.15. The highest BCUT2D eigenvalue weighted by atomic mass is 32.2. The number of rotatable bonds is 6. The van der Waals surface area contributed by atoms with Crippen molar-refractivity contribution in [1.29, 1.82) is 0 Å². The molecular weight excluding hydrogens is 521 g/mol. The summed E-state index contributed by atoms with van der Waals surface area (Å²) in [7, 11) is -3.45. The van der Waals surface area contributed by atoms with Gasteiger partial charge in [0.1, 0.15) is 5.82 Å². The number of nitrogens with two attached hydrogens (primary N) is 1. The Balaban J connectivity index is 1.41. The molecule has 1 fully saturated rings. The molecule has 0 saturated carbocycles. The molecule has 0 unspecified atom stereocenters. The number of carbonyl (C=O) groups is 2. The number of carbonyl (C=O) groups excluding carboxylic acids is 2. The average molecular weight is 556 g/mol. The molecule has 0 radical (unpaired) electrons. The molecule has 1 spiro atoms. The first-order chi connectivity index (χ1) is 18.3. The van der Waals surface area contributed by atoms with E-state index in [1.807, 2.05) is 24.3 Å². The molecule has 2 aliphatic heterocycles. The van der Waals surface area contributed by atoms with Crippen LogP contribution in [0.5, 0.6) is 0 Å². The lowest BCUT2D eigenvalue weighted by molar-refractivity contribution is -0.134. The second kappa shape index (κ2) is 9.63. The molecule has 0 aliphatic carbocycles. The summed E-state index contributed by atoms with van der Waals surface area (Å²) in [6, 6.07) is 11.9. The molecular formula is C28H34FN5O4S. The highest BCUT2D eigenvalue weighted by Gasteiger charge is 2.48. The Morgan fingerprint density at radius 2 is 1.87 bits per heavy atom. The van der Waals surface area contributed by atoms with E-state index in [4.69, 9.17) is 5.73 Å². The summed E-state index contributed by atoms with van der Waals surface area (Å²) in [6.45, 7) is 4.38. The Kier molecular flexibility index (Phi) is 6.70. The van der Waals surface area contributed by atoms with Gasteiger partial charge in [-0.25, -0.2) is 12.8 Å². The van der Waals surface area contributed by atoms with Crippen molar-refractivity contribution in [2.75, 3.05) is 36.7 Å². The molecule has 1 atom stereocenters. The Morgan fingerprint density at radius 1 is 1.18 bits per heavy atom. The molecule has 208 valence electrons. The van der Waals surface area contributed by atoms with Crippen LogP contribution in [0.4, 0.5) is 10.1 Å². The quantitative estimate of drug-likeness (QED) is 0.431. The second-order valence-electron chi connectivity index (χ2n) is 11.3. The van der Waals surface area contributed by atoms with Crippen molar-refractivity contribution in [2.24, 2.45) is 5.73 Å². The summed E-state index contributed by atoms with van der Waals surface area (Å²) in [5, 5.41) is 3.38. The molecule has 2 aliphatic rings. The van der Waals surface area contributed by atoms with Crippen LogP contribution in [0.2, 0.25) is 0 Å². The number of anilines is 1. The number of nitrogens with one attached hydrogen (secondary N) is 2. The maximum Gasteiger partial charge on any atom is 0.239 e. The molecule has 9 nitrogen and oxygen atoms in total. The number of H-pyrrole nitrogens is 1. The van der Waals surface area contributed by atoms with Crippen LogP contribution in [-0.4, -0.2) is 68.1 Å². The SMILES string of the molecule is CC(C)(N)C(=O)NC[C@@H](C(=O)N1CCC2(CC1)CN(S(C)(=O)=O)c1ccccc12)c1c[nH]c2ccc(F)cc12. The van der Waals surface area contributed by atoms with E-state index in [1.54, 1.807) is 31.0 Å². The van der Waals surface area contributed by atoms with Crippen LogP contribution in [0.25, 0.3) is 10.9 Å². The number of sulfonamides is 1. The Morgan fingerprint density at radius 3 is 2.54 bits per heavy atom. The molecule has 1 aromatic heterocycles. The molecule has 2 aromatic carbocycles. The van der Waals surface area contributed by atoms with Crippen LogP contribution in [0.1, 0.15) is 43.7 Å². The van der Waals surface area contributed by atoms with E-state index in [0.29, 0.717) is 54.6 Å². The lowest BCUT2D eigenvalue weighted by Gasteiger charge is -2.41. The molecule has 1 saturated heterocycles. The van der Waals surface area contributed by atoms with Crippen LogP contribution in [-0.2, 0) is 25.0 Å². The highest BCUT2D eigenvalue weighted by Crippen LogP contribution is 2.48. The van der Waals surface area contributed by atoms with Crippen molar-refractivity contribution in [3.8, 4) is 0 Å². The summed E-state index contributed by atoms with van der Waals surface area (Å²) < 4.78 is 40.7. The van der Waals surface area contributed by atoms with Crippen LogP contribution in [0.3, 0.4) is 0 Å². The van der Waals surface area contributed by atoms with Crippen molar-refractivity contribution in [2.45, 2.75) is 43.6 Å². The third kappa shape index (κ3) is 5.00. The fourth-order valence-corrected chi connectivity index (χ4v) is 6.84. The van der Waals surface area contributed by atoms with Gasteiger partial charge in [0.2, 0.25) is 21.8 Å². The van der Waals surface area contributed by atoms with Gasteiger partial charge >= 0.3 is 0 Å². The monoisotopic (exact) mass is 555 g/mol. The Bertz CT molecular complexity index is 1540. The van der Waals surface area contributed by atoms with Crippen molar-refractivity contribution in [3.05, 3.63) is 65.6 Å². The first kappa shape index (κ1) is 27.1. The number of para-hydroxylation sites is 1. The lowest BCUT2D eigenvalue weighted by Crippen LogP contribution is -2.52. The molecule has 11 heteroatoms. The Labute approximate surface area is 227 Å². The van der Waals surface area contributed by atoms with Gasteiger partial charge in [-0.15, -0.1) is 0 Å². The van der Waals surface area contributed by atoms with E-state index in [1.165, 1.54) is 22.7 Å². The van der Waals surface area contributed by atoms with Crippen molar-refractivity contribution in [3.63, 3.8) is 0 Å². The van der Waals surface area contributed by atoms with Gasteiger partial charge in [0.05, 0.1) is 23.4 Å². The molecule has 2 amide bonds. The van der Waals surface area contributed by atoms with Crippen LogP contribution in [0.15, 0.2) is 48.7 Å². The summed E-state index contributed by atoms with van der Waals surface area (Å²) >= 11 is 0. The van der Waals surface area contributed by atoms with Gasteiger partial charge in [-0.2, -0.15) is 0 Å². The minimum atomic E-state index is -3.45. The number of halogens is 1. The molecule has 5 rings (SSSR count). The number of aromatic nitrogens is 1. The maximum absolute atomic E-state index is 14.1. The fourth-order valence-electron chi connectivity index (χ4n) is 5.84. The van der Waals surface area contributed by atoms with Crippen molar-refractivity contribution in [1.82, 2.24) is 15.2 Å². The summed E-state index contributed by atoms with van der Waals surface area (Å²) in [5.74, 6) is -1.76. The minimum absolute atomic E-state index is 0.00803. The predicted octanol–water partition coefficient (Wildman–Crippen LogP) is 2.58. The van der Waals surface area contributed by atoms with Gasteiger partial charge in [-0.05, 0) is 62.1 Å². The van der Waals surface area contributed by atoms with E-state index in [-0.39, 0.29) is 17.9 Å². The number of fused-ring (bicyclic) bond motifs is 3. The summed E-state index contributed by atoms with van der Waals surface area (Å²) in [6.07, 6.45) is 4.10. The smallest absolute Gasteiger partial charge is 0.239 e. The number of hydrogen-bond donors (Lipinski definition) is 3. The fraction of sp³-hybridized carbons (Fsp3) is 0.429. The molecule has 3 aromatic rings. The molecule has 0 bridgehead atoms. The van der Waals surface area contributed by atoms with E-state index in [0.717, 1.165) is 5.56 Å². The topological polar surface area (TPSA) is 129 Å². The zero-order valence-corrected chi connectivity index (χ0v) is 23.1. The van der Waals surface area contributed by atoms with E-state index < -0.39 is 33.2 Å². The summed E-state index contributed by atoms with van der Waals surface area (Å²) in [4.78, 5) is 31.4. The number of nitrogens with zero attached hydrogens (tertiary/aromatic N) is 2. The van der Waals surface area contributed by atoms with Crippen molar-refractivity contribution >= 4 is 38.4 Å². The molecule has 39 heavy (non-hydrogen) atoms.